The first-order chi connectivity index (χ1) is 8.15. The maximum atomic E-state index is 12.3. The summed E-state index contributed by atoms with van der Waals surface area (Å²) in [5.74, 6) is 0.606. The first kappa shape index (κ1) is 11.2. The number of likely N-dealkylation sites (tertiary alicyclic amines) is 1. The van der Waals surface area contributed by atoms with Gasteiger partial charge in [0.05, 0.1) is 4.88 Å². The fraction of sp³-hybridized carbons (Fsp3) is 0.615. The smallest absolute Gasteiger partial charge is 0.264 e. The van der Waals surface area contributed by atoms with E-state index in [4.69, 9.17) is 5.73 Å². The van der Waals surface area contributed by atoms with Gasteiger partial charge in [-0.2, -0.15) is 0 Å². The number of aryl methyl sites for hydroxylation is 2. The highest BCUT2D eigenvalue weighted by atomic mass is 32.1. The third-order valence-electron chi connectivity index (χ3n) is 3.92. The van der Waals surface area contributed by atoms with Gasteiger partial charge in [0, 0.05) is 24.0 Å². The molecule has 1 aromatic heterocycles. The minimum absolute atomic E-state index is 0.144. The Labute approximate surface area is 106 Å². The number of carbonyl (C=O) groups is 1. The van der Waals surface area contributed by atoms with Crippen LogP contribution in [0.5, 0.6) is 0 Å². The molecule has 3 nitrogen and oxygen atoms in total. The Balaban J connectivity index is 1.78. The Hall–Kier alpha value is -0.870. The van der Waals surface area contributed by atoms with Gasteiger partial charge in [0.1, 0.15) is 0 Å². The lowest BCUT2D eigenvalue weighted by atomic mass is 10.1. The Bertz CT molecular complexity index is 423. The van der Waals surface area contributed by atoms with Gasteiger partial charge in [0.25, 0.3) is 5.91 Å². The summed E-state index contributed by atoms with van der Waals surface area (Å²) in [7, 11) is 0. The van der Waals surface area contributed by atoms with Crippen molar-refractivity contribution in [3.63, 3.8) is 0 Å². The molecule has 2 unspecified atom stereocenters. The van der Waals surface area contributed by atoms with Crippen molar-refractivity contribution in [2.24, 2.45) is 11.7 Å². The van der Waals surface area contributed by atoms with Crippen LogP contribution in [0.1, 0.15) is 33.5 Å². The van der Waals surface area contributed by atoms with Gasteiger partial charge in [0.2, 0.25) is 0 Å². The van der Waals surface area contributed by atoms with Crippen molar-refractivity contribution in [3.8, 4) is 0 Å². The molecular formula is C13H18N2OS. The molecular weight excluding hydrogens is 232 g/mol. The van der Waals surface area contributed by atoms with Crippen LogP contribution in [0.3, 0.4) is 0 Å². The summed E-state index contributed by atoms with van der Waals surface area (Å²) >= 11 is 1.69. The van der Waals surface area contributed by atoms with Crippen LogP contribution in [0.15, 0.2) is 6.07 Å². The van der Waals surface area contributed by atoms with E-state index in [-0.39, 0.29) is 11.9 Å². The van der Waals surface area contributed by atoms with E-state index in [1.165, 1.54) is 16.9 Å². The minimum atomic E-state index is 0.144. The van der Waals surface area contributed by atoms with Crippen molar-refractivity contribution in [1.82, 2.24) is 4.90 Å². The van der Waals surface area contributed by atoms with Gasteiger partial charge in [-0.1, -0.05) is 6.92 Å². The lowest BCUT2D eigenvalue weighted by Crippen LogP contribution is -2.31. The molecule has 17 heavy (non-hydrogen) atoms. The molecule has 3 rings (SSSR count). The average Bonchev–Trinajstić information content (AvgIpc) is 2.92. The Morgan fingerprint density at radius 2 is 2.29 bits per heavy atom. The molecule has 1 saturated heterocycles. The van der Waals surface area contributed by atoms with Crippen LogP contribution in [0.25, 0.3) is 0 Å². The average molecular weight is 250 g/mol. The summed E-state index contributed by atoms with van der Waals surface area (Å²) in [5, 5.41) is 0. The van der Waals surface area contributed by atoms with Gasteiger partial charge < -0.3 is 10.6 Å². The molecule has 2 aliphatic rings. The Kier molecular flexibility index (Phi) is 2.71. The van der Waals surface area contributed by atoms with Crippen LogP contribution >= 0.6 is 11.3 Å². The molecule has 0 saturated carbocycles. The third-order valence-corrected chi connectivity index (χ3v) is 5.14. The second-order valence-electron chi connectivity index (χ2n) is 5.26. The number of hydrogen-bond acceptors (Lipinski definition) is 3. The molecule has 0 aromatic carbocycles. The fourth-order valence-corrected chi connectivity index (χ4v) is 3.97. The van der Waals surface area contributed by atoms with Crippen LogP contribution in [0.2, 0.25) is 0 Å². The van der Waals surface area contributed by atoms with E-state index in [0.717, 1.165) is 24.3 Å². The van der Waals surface area contributed by atoms with E-state index in [1.807, 2.05) is 4.90 Å². The SMILES string of the molecule is CC1CN(C(=O)c2cc3c(s2)CCC3)CC1N. The molecule has 1 aliphatic heterocycles. The van der Waals surface area contributed by atoms with E-state index in [2.05, 4.69) is 13.0 Å². The number of nitrogens with two attached hydrogens (primary N) is 1. The summed E-state index contributed by atoms with van der Waals surface area (Å²) in [4.78, 5) is 16.6. The van der Waals surface area contributed by atoms with Crippen LogP contribution < -0.4 is 5.73 Å². The number of amides is 1. The van der Waals surface area contributed by atoms with E-state index >= 15 is 0 Å². The number of thiophene rings is 1. The molecule has 0 spiro atoms. The summed E-state index contributed by atoms with van der Waals surface area (Å²) in [6, 6.07) is 2.25. The summed E-state index contributed by atoms with van der Waals surface area (Å²) < 4.78 is 0. The van der Waals surface area contributed by atoms with E-state index in [0.29, 0.717) is 12.5 Å². The van der Waals surface area contributed by atoms with Gasteiger partial charge >= 0.3 is 0 Å². The number of hydrogen-bond donors (Lipinski definition) is 1. The first-order valence-electron chi connectivity index (χ1n) is 6.31. The van der Waals surface area contributed by atoms with Crippen molar-refractivity contribution < 1.29 is 4.79 Å². The quantitative estimate of drug-likeness (QED) is 0.824. The van der Waals surface area contributed by atoms with Crippen molar-refractivity contribution in [3.05, 3.63) is 21.4 Å². The van der Waals surface area contributed by atoms with E-state index in [9.17, 15) is 4.79 Å². The summed E-state index contributed by atoms with van der Waals surface area (Å²) in [5.41, 5.74) is 7.36. The second kappa shape index (κ2) is 4.10. The topological polar surface area (TPSA) is 46.3 Å². The zero-order valence-electron chi connectivity index (χ0n) is 10.1. The summed E-state index contributed by atoms with van der Waals surface area (Å²) in [6.45, 7) is 3.64. The highest BCUT2D eigenvalue weighted by Gasteiger charge is 2.31. The van der Waals surface area contributed by atoms with Crippen LogP contribution in [0.4, 0.5) is 0 Å². The third kappa shape index (κ3) is 1.89. The molecule has 4 heteroatoms. The monoisotopic (exact) mass is 250 g/mol. The molecule has 1 amide bonds. The maximum Gasteiger partial charge on any atom is 0.264 e. The minimum Gasteiger partial charge on any atom is -0.336 e. The van der Waals surface area contributed by atoms with Crippen molar-refractivity contribution >= 4 is 17.2 Å². The van der Waals surface area contributed by atoms with Gasteiger partial charge in [-0.05, 0) is 36.8 Å². The van der Waals surface area contributed by atoms with Crippen molar-refractivity contribution in [1.29, 1.82) is 0 Å². The van der Waals surface area contributed by atoms with Crippen LogP contribution in [0, 0.1) is 5.92 Å². The molecule has 2 atom stereocenters. The first-order valence-corrected chi connectivity index (χ1v) is 7.13. The number of rotatable bonds is 1. The lowest BCUT2D eigenvalue weighted by Gasteiger charge is -2.14. The molecule has 1 aromatic rings. The largest absolute Gasteiger partial charge is 0.336 e. The number of nitrogens with zero attached hydrogens (tertiary/aromatic N) is 1. The standard InChI is InChI=1S/C13H18N2OS/c1-8-6-15(7-10(8)14)13(16)12-5-9-3-2-4-11(9)17-12/h5,8,10H,2-4,6-7,14H2,1H3. The van der Waals surface area contributed by atoms with Gasteiger partial charge in [-0.15, -0.1) is 11.3 Å². The van der Waals surface area contributed by atoms with Crippen molar-refractivity contribution in [2.75, 3.05) is 13.1 Å². The second-order valence-corrected chi connectivity index (χ2v) is 6.40. The molecule has 2 heterocycles. The predicted molar refractivity (Wildman–Crippen MR) is 69.4 cm³/mol. The van der Waals surface area contributed by atoms with Crippen molar-refractivity contribution in [2.45, 2.75) is 32.2 Å². The number of fused-ring (bicyclic) bond motifs is 1. The zero-order chi connectivity index (χ0) is 12.0. The maximum absolute atomic E-state index is 12.3. The highest BCUT2D eigenvalue weighted by Crippen LogP contribution is 2.32. The molecule has 92 valence electrons. The molecule has 1 fully saturated rings. The Morgan fingerprint density at radius 1 is 1.47 bits per heavy atom. The van der Waals surface area contributed by atoms with E-state index < -0.39 is 0 Å². The van der Waals surface area contributed by atoms with E-state index in [1.54, 1.807) is 11.3 Å². The zero-order valence-corrected chi connectivity index (χ0v) is 10.9. The fourth-order valence-electron chi connectivity index (χ4n) is 2.75. The molecule has 0 bridgehead atoms. The van der Waals surface area contributed by atoms with Crippen LogP contribution in [-0.2, 0) is 12.8 Å². The van der Waals surface area contributed by atoms with Crippen LogP contribution in [-0.4, -0.2) is 29.9 Å². The molecule has 2 N–H and O–H groups in total. The normalized spacial score (nSPS) is 27.5. The lowest BCUT2D eigenvalue weighted by molar-refractivity contribution is 0.0791. The van der Waals surface area contributed by atoms with Gasteiger partial charge in [-0.25, -0.2) is 0 Å². The van der Waals surface area contributed by atoms with Gasteiger partial charge in [0.15, 0.2) is 0 Å². The molecule has 1 aliphatic carbocycles. The highest BCUT2D eigenvalue weighted by molar-refractivity contribution is 7.14. The number of carbonyl (C=O) groups excluding carboxylic acids is 1. The Morgan fingerprint density at radius 3 is 2.94 bits per heavy atom. The van der Waals surface area contributed by atoms with Gasteiger partial charge in [-0.3, -0.25) is 4.79 Å². The predicted octanol–water partition coefficient (Wildman–Crippen LogP) is 1.66. The molecule has 0 radical (unpaired) electrons. The summed E-state index contributed by atoms with van der Waals surface area (Å²) in [6.07, 6.45) is 3.56.